The van der Waals surface area contributed by atoms with Gasteiger partial charge >= 0.3 is 0 Å². The molecule has 3 N–H and O–H groups in total. The van der Waals surface area contributed by atoms with Gasteiger partial charge in [0, 0.05) is 37.0 Å². The van der Waals surface area contributed by atoms with Crippen LogP contribution in [0.15, 0.2) is 18.2 Å². The smallest absolute Gasteiger partial charge is 0.245 e. The molecule has 2 unspecified atom stereocenters. The highest BCUT2D eigenvalue weighted by Gasteiger charge is 2.62. The number of rotatable bonds is 6. The Morgan fingerprint density at radius 3 is 2.63 bits per heavy atom. The fraction of sp³-hybridized carbons (Fsp3) is 0.667. The quantitative estimate of drug-likeness (QED) is 0.797. The zero-order valence-electron chi connectivity index (χ0n) is 16.8. The molecule has 6 nitrogen and oxygen atoms in total. The molecule has 1 saturated carbocycles. The van der Waals surface area contributed by atoms with Crippen LogP contribution in [0.4, 0.5) is 5.69 Å². The van der Waals surface area contributed by atoms with Gasteiger partial charge in [-0.25, -0.2) is 0 Å². The molecule has 1 aliphatic carbocycles. The van der Waals surface area contributed by atoms with E-state index in [-0.39, 0.29) is 18.1 Å². The maximum absolute atomic E-state index is 12.9. The molecule has 1 aromatic carbocycles. The molecule has 1 amide bonds. The van der Waals surface area contributed by atoms with Gasteiger partial charge in [-0.15, -0.1) is 0 Å². The van der Waals surface area contributed by atoms with Crippen molar-refractivity contribution >= 4 is 11.6 Å². The highest BCUT2D eigenvalue weighted by atomic mass is 16.5. The molecule has 0 aromatic heterocycles. The van der Waals surface area contributed by atoms with Crippen LogP contribution in [-0.4, -0.2) is 43.5 Å². The van der Waals surface area contributed by atoms with E-state index in [4.69, 9.17) is 19.9 Å². The van der Waals surface area contributed by atoms with Crippen LogP contribution in [0, 0.1) is 12.3 Å². The molecule has 1 aliphatic heterocycles. The van der Waals surface area contributed by atoms with Gasteiger partial charge in [0.2, 0.25) is 5.91 Å². The summed E-state index contributed by atoms with van der Waals surface area (Å²) in [5, 5.41) is 2.98. The van der Waals surface area contributed by atoms with Crippen LogP contribution < -0.4 is 15.8 Å². The summed E-state index contributed by atoms with van der Waals surface area (Å²) in [5.74, 6) is 0.684. The van der Waals surface area contributed by atoms with E-state index >= 15 is 0 Å². The molecule has 2 fully saturated rings. The van der Waals surface area contributed by atoms with Crippen LogP contribution >= 0.6 is 0 Å². The van der Waals surface area contributed by atoms with Gasteiger partial charge in [0.25, 0.3) is 0 Å². The zero-order chi connectivity index (χ0) is 19.7. The molecular formula is C21H32N2O4. The van der Waals surface area contributed by atoms with Gasteiger partial charge in [0.1, 0.15) is 17.4 Å². The third-order valence-corrected chi connectivity index (χ3v) is 6.13. The van der Waals surface area contributed by atoms with Crippen LogP contribution in [0.5, 0.6) is 5.75 Å². The summed E-state index contributed by atoms with van der Waals surface area (Å²) in [7, 11) is 0. The average molecular weight is 376 g/mol. The van der Waals surface area contributed by atoms with E-state index in [9.17, 15) is 4.79 Å². The topological polar surface area (TPSA) is 82.8 Å². The molecule has 27 heavy (non-hydrogen) atoms. The summed E-state index contributed by atoms with van der Waals surface area (Å²) in [5.41, 5.74) is 6.84. The van der Waals surface area contributed by atoms with Crippen molar-refractivity contribution < 1.29 is 19.0 Å². The first kappa shape index (κ1) is 20.1. The Morgan fingerprint density at radius 1 is 1.33 bits per heavy atom. The van der Waals surface area contributed by atoms with Gasteiger partial charge < -0.3 is 25.3 Å². The molecule has 2 atom stereocenters. The molecule has 1 saturated heterocycles. The number of carbonyl (C=O) groups is 1. The minimum Gasteiger partial charge on any atom is -0.490 e. The van der Waals surface area contributed by atoms with E-state index < -0.39 is 11.0 Å². The van der Waals surface area contributed by atoms with E-state index in [1.165, 1.54) is 0 Å². The van der Waals surface area contributed by atoms with Crippen molar-refractivity contribution in [2.45, 2.75) is 64.7 Å². The highest BCUT2D eigenvalue weighted by molar-refractivity contribution is 5.99. The summed E-state index contributed by atoms with van der Waals surface area (Å²) < 4.78 is 17.2. The molecule has 0 bridgehead atoms. The molecule has 6 heteroatoms. The summed E-state index contributed by atoms with van der Waals surface area (Å²) >= 11 is 0. The van der Waals surface area contributed by atoms with Gasteiger partial charge in [0.05, 0.1) is 19.3 Å². The van der Waals surface area contributed by atoms with Crippen LogP contribution in [0.3, 0.4) is 0 Å². The lowest BCUT2D eigenvalue weighted by molar-refractivity contribution is -0.166. The van der Waals surface area contributed by atoms with Crippen molar-refractivity contribution in [2.24, 2.45) is 11.1 Å². The number of benzene rings is 1. The van der Waals surface area contributed by atoms with E-state index in [0.29, 0.717) is 13.0 Å². The number of anilines is 1. The van der Waals surface area contributed by atoms with Crippen LogP contribution in [0.25, 0.3) is 0 Å². The van der Waals surface area contributed by atoms with E-state index in [2.05, 4.69) is 5.32 Å². The summed E-state index contributed by atoms with van der Waals surface area (Å²) in [4.78, 5) is 12.9. The molecule has 3 rings (SSSR count). The van der Waals surface area contributed by atoms with Crippen molar-refractivity contribution in [2.75, 3.05) is 25.1 Å². The minimum atomic E-state index is -0.933. The second-order valence-corrected chi connectivity index (χ2v) is 8.21. The number of nitrogens with two attached hydrogens (primary N) is 1. The molecular weight excluding hydrogens is 344 g/mol. The van der Waals surface area contributed by atoms with Gasteiger partial charge in [-0.1, -0.05) is 13.8 Å². The minimum absolute atomic E-state index is 0.00948. The Hall–Kier alpha value is -1.63. The molecule has 2 aliphatic rings. The fourth-order valence-corrected chi connectivity index (χ4v) is 3.90. The summed E-state index contributed by atoms with van der Waals surface area (Å²) in [6.45, 7) is 10.0. The first-order chi connectivity index (χ1) is 12.8. The van der Waals surface area contributed by atoms with Crippen molar-refractivity contribution in [3.05, 3.63) is 23.8 Å². The molecule has 150 valence electrons. The first-order valence-corrected chi connectivity index (χ1v) is 9.85. The summed E-state index contributed by atoms with van der Waals surface area (Å²) in [6, 6.07) is 5.72. The van der Waals surface area contributed by atoms with Gasteiger partial charge in [-0.2, -0.15) is 0 Å². The number of ether oxygens (including phenoxy) is 3. The summed E-state index contributed by atoms with van der Waals surface area (Å²) in [6.07, 6.45) is 2.54. The van der Waals surface area contributed by atoms with E-state index in [1.807, 2.05) is 45.9 Å². The SMILES string of the molecule is CCOC1CC(N)(C(=O)Nc2ccc(OC3CCOCC3)c(C)c2)C1(C)C. The Morgan fingerprint density at radius 2 is 2.04 bits per heavy atom. The second kappa shape index (κ2) is 7.78. The Bertz CT molecular complexity index is 685. The van der Waals surface area contributed by atoms with Crippen molar-refractivity contribution in [1.82, 2.24) is 0 Å². The van der Waals surface area contributed by atoms with Crippen molar-refractivity contribution in [3.8, 4) is 5.75 Å². The molecule has 0 radical (unpaired) electrons. The van der Waals surface area contributed by atoms with Crippen LogP contribution in [0.1, 0.15) is 45.6 Å². The number of hydrogen-bond donors (Lipinski definition) is 2. The maximum Gasteiger partial charge on any atom is 0.245 e. The Balaban J connectivity index is 1.64. The van der Waals surface area contributed by atoms with Gasteiger partial charge in [-0.05, 0) is 37.6 Å². The average Bonchev–Trinajstić information content (AvgIpc) is 2.64. The predicted molar refractivity (Wildman–Crippen MR) is 105 cm³/mol. The number of amides is 1. The maximum atomic E-state index is 12.9. The molecule has 1 aromatic rings. The largest absolute Gasteiger partial charge is 0.490 e. The lowest BCUT2D eigenvalue weighted by Crippen LogP contribution is -2.74. The van der Waals surface area contributed by atoms with Crippen molar-refractivity contribution in [3.63, 3.8) is 0 Å². The Labute approximate surface area is 161 Å². The van der Waals surface area contributed by atoms with E-state index in [0.717, 1.165) is 43.1 Å². The first-order valence-electron chi connectivity index (χ1n) is 9.85. The second-order valence-electron chi connectivity index (χ2n) is 8.21. The Kier molecular flexibility index (Phi) is 5.79. The normalized spacial score (nSPS) is 27.7. The standard InChI is InChI=1S/C21H32N2O4/c1-5-26-18-13-21(22,20(18,3)4)19(24)23-15-6-7-17(14(2)12-15)27-16-8-10-25-11-9-16/h6-7,12,16,18H,5,8-11,13,22H2,1-4H3,(H,23,24). The van der Waals surface area contributed by atoms with Crippen LogP contribution in [-0.2, 0) is 14.3 Å². The van der Waals surface area contributed by atoms with Gasteiger partial charge in [0.15, 0.2) is 0 Å². The number of carbonyl (C=O) groups excluding carboxylic acids is 1. The fourth-order valence-electron chi connectivity index (χ4n) is 3.90. The third-order valence-electron chi connectivity index (χ3n) is 6.13. The number of nitrogens with one attached hydrogen (secondary N) is 1. The zero-order valence-corrected chi connectivity index (χ0v) is 16.8. The number of hydrogen-bond acceptors (Lipinski definition) is 5. The third kappa shape index (κ3) is 3.84. The lowest BCUT2D eigenvalue weighted by Gasteiger charge is -2.57. The molecule has 0 spiro atoms. The number of aryl methyl sites for hydroxylation is 1. The lowest BCUT2D eigenvalue weighted by atomic mass is 9.54. The monoisotopic (exact) mass is 376 g/mol. The van der Waals surface area contributed by atoms with Crippen molar-refractivity contribution in [1.29, 1.82) is 0 Å². The van der Waals surface area contributed by atoms with Gasteiger partial charge in [-0.3, -0.25) is 4.79 Å². The molecule has 1 heterocycles. The van der Waals surface area contributed by atoms with Crippen LogP contribution in [0.2, 0.25) is 0 Å². The predicted octanol–water partition coefficient (Wildman–Crippen LogP) is 3.02. The van der Waals surface area contributed by atoms with E-state index in [1.54, 1.807) is 0 Å². The highest BCUT2D eigenvalue weighted by Crippen LogP contribution is 2.50.